The first kappa shape index (κ1) is 14.4. The molecule has 3 N–H and O–H groups in total. The number of benzene rings is 1. The first-order chi connectivity index (χ1) is 8.45. The highest BCUT2D eigenvalue weighted by Crippen LogP contribution is 2.21. The molecule has 0 aromatic heterocycles. The lowest BCUT2D eigenvalue weighted by atomic mass is 9.97. The topological polar surface area (TPSA) is 64.3 Å². The molecule has 0 bridgehead atoms. The maximum Gasteiger partial charge on any atom is 0.223 e. The summed E-state index contributed by atoms with van der Waals surface area (Å²) >= 11 is 0. The molecule has 1 unspecified atom stereocenters. The highest BCUT2D eigenvalue weighted by molar-refractivity contribution is 5.78. The Morgan fingerprint density at radius 2 is 2.06 bits per heavy atom. The Labute approximate surface area is 109 Å². The van der Waals surface area contributed by atoms with Crippen LogP contribution in [0.15, 0.2) is 18.2 Å². The second-order valence-electron chi connectivity index (χ2n) is 4.83. The van der Waals surface area contributed by atoms with E-state index in [0.29, 0.717) is 23.9 Å². The molecular formula is C14H22N2O2. The Hall–Kier alpha value is -1.71. The zero-order valence-corrected chi connectivity index (χ0v) is 11.5. The number of nitrogen functional groups attached to an aromatic ring is 1. The van der Waals surface area contributed by atoms with E-state index in [1.165, 1.54) is 0 Å². The number of hydrogen-bond donors (Lipinski definition) is 2. The van der Waals surface area contributed by atoms with Crippen LogP contribution in [0, 0.1) is 11.8 Å². The average molecular weight is 250 g/mol. The van der Waals surface area contributed by atoms with Crippen LogP contribution < -0.4 is 15.8 Å². The lowest BCUT2D eigenvalue weighted by molar-refractivity contribution is -0.125. The minimum absolute atomic E-state index is 0.0144. The zero-order valence-electron chi connectivity index (χ0n) is 11.5. The van der Waals surface area contributed by atoms with Gasteiger partial charge in [-0.3, -0.25) is 4.79 Å². The smallest absolute Gasteiger partial charge is 0.223 e. The zero-order chi connectivity index (χ0) is 13.7. The molecule has 0 saturated carbocycles. The second kappa shape index (κ2) is 6.28. The molecule has 0 heterocycles. The molecule has 1 atom stereocenters. The van der Waals surface area contributed by atoms with Crippen molar-refractivity contribution in [3.05, 3.63) is 23.8 Å². The van der Waals surface area contributed by atoms with Gasteiger partial charge in [0.15, 0.2) is 0 Å². The molecule has 1 aromatic rings. The fourth-order valence-corrected chi connectivity index (χ4v) is 1.55. The summed E-state index contributed by atoms with van der Waals surface area (Å²) in [6.07, 6.45) is 0. The first-order valence-electron chi connectivity index (χ1n) is 6.15. The molecule has 0 fully saturated rings. The van der Waals surface area contributed by atoms with Crippen LogP contribution in [0.25, 0.3) is 0 Å². The van der Waals surface area contributed by atoms with E-state index in [0.717, 1.165) is 5.56 Å². The van der Waals surface area contributed by atoms with Gasteiger partial charge in [0.05, 0.1) is 12.8 Å². The van der Waals surface area contributed by atoms with Crippen LogP contribution in [0.3, 0.4) is 0 Å². The highest BCUT2D eigenvalue weighted by atomic mass is 16.5. The van der Waals surface area contributed by atoms with Gasteiger partial charge in [0.2, 0.25) is 5.91 Å². The van der Waals surface area contributed by atoms with E-state index in [1.54, 1.807) is 7.11 Å². The molecule has 100 valence electrons. The van der Waals surface area contributed by atoms with Gasteiger partial charge in [-0.2, -0.15) is 0 Å². The van der Waals surface area contributed by atoms with Crippen molar-refractivity contribution in [1.82, 2.24) is 5.32 Å². The molecule has 0 aliphatic rings. The monoisotopic (exact) mass is 250 g/mol. The van der Waals surface area contributed by atoms with Gasteiger partial charge >= 0.3 is 0 Å². The number of carbonyl (C=O) groups is 1. The van der Waals surface area contributed by atoms with Gasteiger partial charge in [-0.25, -0.2) is 0 Å². The summed E-state index contributed by atoms with van der Waals surface area (Å²) in [4.78, 5) is 11.8. The van der Waals surface area contributed by atoms with E-state index in [4.69, 9.17) is 10.5 Å². The fourth-order valence-electron chi connectivity index (χ4n) is 1.55. The predicted molar refractivity (Wildman–Crippen MR) is 73.3 cm³/mol. The molecule has 4 heteroatoms. The van der Waals surface area contributed by atoms with E-state index in [-0.39, 0.29) is 11.8 Å². The number of ether oxygens (including phenoxy) is 1. The van der Waals surface area contributed by atoms with E-state index in [1.807, 2.05) is 39.0 Å². The summed E-state index contributed by atoms with van der Waals surface area (Å²) in [6, 6.07) is 5.53. The number of anilines is 1. The number of methoxy groups -OCH3 is 1. The molecule has 0 saturated heterocycles. The van der Waals surface area contributed by atoms with E-state index in [2.05, 4.69) is 5.32 Å². The van der Waals surface area contributed by atoms with Crippen molar-refractivity contribution in [3.8, 4) is 5.75 Å². The predicted octanol–water partition coefficient (Wildman–Crippen LogP) is 2.19. The Kier molecular flexibility index (Phi) is 5.01. The number of nitrogens with one attached hydrogen (secondary N) is 1. The lowest BCUT2D eigenvalue weighted by Crippen LogP contribution is -2.31. The van der Waals surface area contributed by atoms with Crippen LogP contribution in [0.1, 0.15) is 26.3 Å². The van der Waals surface area contributed by atoms with Gasteiger partial charge in [-0.15, -0.1) is 0 Å². The first-order valence-corrected chi connectivity index (χ1v) is 6.15. The Balaban J connectivity index is 2.59. The quantitative estimate of drug-likeness (QED) is 0.787. The molecule has 0 aliphatic carbocycles. The normalized spacial score (nSPS) is 12.3. The lowest BCUT2D eigenvalue weighted by Gasteiger charge is -2.15. The molecule has 0 aliphatic heterocycles. The van der Waals surface area contributed by atoms with E-state index < -0.39 is 0 Å². The van der Waals surface area contributed by atoms with Crippen molar-refractivity contribution in [2.45, 2.75) is 27.3 Å². The Bertz CT molecular complexity index is 416. The summed E-state index contributed by atoms with van der Waals surface area (Å²) < 4.78 is 5.08. The van der Waals surface area contributed by atoms with E-state index in [9.17, 15) is 4.79 Å². The molecule has 0 spiro atoms. The van der Waals surface area contributed by atoms with E-state index >= 15 is 0 Å². The summed E-state index contributed by atoms with van der Waals surface area (Å²) in [5.74, 6) is 1.08. The molecule has 1 amide bonds. The van der Waals surface area contributed by atoms with Gasteiger partial charge in [0.25, 0.3) is 0 Å². The van der Waals surface area contributed by atoms with Crippen LogP contribution >= 0.6 is 0 Å². The third kappa shape index (κ3) is 3.65. The number of amides is 1. The Morgan fingerprint density at radius 3 is 2.56 bits per heavy atom. The van der Waals surface area contributed by atoms with Gasteiger partial charge in [0, 0.05) is 12.5 Å². The summed E-state index contributed by atoms with van der Waals surface area (Å²) in [7, 11) is 1.58. The molecule has 1 aromatic carbocycles. The maximum atomic E-state index is 11.8. The average Bonchev–Trinajstić information content (AvgIpc) is 2.35. The fraction of sp³-hybridized carbons (Fsp3) is 0.500. The van der Waals surface area contributed by atoms with Crippen LogP contribution in [0.2, 0.25) is 0 Å². The molecule has 1 rings (SSSR count). The largest absolute Gasteiger partial charge is 0.495 e. The van der Waals surface area contributed by atoms with Gasteiger partial charge in [0.1, 0.15) is 5.75 Å². The number of nitrogens with two attached hydrogens (primary N) is 1. The number of carbonyl (C=O) groups excluding carboxylic acids is 1. The summed E-state index contributed by atoms with van der Waals surface area (Å²) in [5.41, 5.74) is 7.36. The van der Waals surface area contributed by atoms with Crippen molar-refractivity contribution in [2.75, 3.05) is 12.8 Å². The third-order valence-corrected chi connectivity index (χ3v) is 3.17. The molecule has 18 heavy (non-hydrogen) atoms. The highest BCUT2D eigenvalue weighted by Gasteiger charge is 2.15. The van der Waals surface area contributed by atoms with Crippen LogP contribution in [0.5, 0.6) is 5.75 Å². The molecule has 0 radical (unpaired) electrons. The van der Waals surface area contributed by atoms with Crippen molar-refractivity contribution in [1.29, 1.82) is 0 Å². The van der Waals surface area contributed by atoms with Gasteiger partial charge in [-0.05, 0) is 23.6 Å². The standard InChI is InChI=1S/C14H22N2O2/c1-9(2)10(3)14(17)16-8-11-5-6-13(18-4)12(15)7-11/h5-7,9-10H,8,15H2,1-4H3,(H,16,17). The second-order valence-corrected chi connectivity index (χ2v) is 4.83. The van der Waals surface area contributed by atoms with Gasteiger partial charge in [-0.1, -0.05) is 26.8 Å². The summed E-state index contributed by atoms with van der Waals surface area (Å²) in [6.45, 7) is 6.50. The van der Waals surface area contributed by atoms with Crippen molar-refractivity contribution in [3.63, 3.8) is 0 Å². The third-order valence-electron chi connectivity index (χ3n) is 3.17. The van der Waals surface area contributed by atoms with Gasteiger partial charge < -0.3 is 15.8 Å². The maximum absolute atomic E-state index is 11.8. The number of rotatable bonds is 5. The van der Waals surface area contributed by atoms with Crippen molar-refractivity contribution >= 4 is 11.6 Å². The van der Waals surface area contributed by atoms with Crippen LogP contribution in [-0.2, 0) is 11.3 Å². The minimum Gasteiger partial charge on any atom is -0.495 e. The van der Waals surface area contributed by atoms with Crippen molar-refractivity contribution in [2.24, 2.45) is 11.8 Å². The number of hydrogen-bond acceptors (Lipinski definition) is 3. The Morgan fingerprint density at radius 1 is 1.39 bits per heavy atom. The SMILES string of the molecule is COc1ccc(CNC(=O)C(C)C(C)C)cc1N. The molecular weight excluding hydrogens is 228 g/mol. The summed E-state index contributed by atoms with van der Waals surface area (Å²) in [5, 5.41) is 2.91. The van der Waals surface area contributed by atoms with Crippen LogP contribution in [0.4, 0.5) is 5.69 Å². The van der Waals surface area contributed by atoms with Crippen molar-refractivity contribution < 1.29 is 9.53 Å². The van der Waals surface area contributed by atoms with Crippen LogP contribution in [-0.4, -0.2) is 13.0 Å². The molecule has 4 nitrogen and oxygen atoms in total. The minimum atomic E-state index is 0.0144.